The number of aromatic nitrogens is 1. The van der Waals surface area contributed by atoms with E-state index in [2.05, 4.69) is 0 Å². The molecule has 0 aliphatic heterocycles. The third kappa shape index (κ3) is 5.22. The fourth-order valence-corrected chi connectivity index (χ4v) is 3.11. The summed E-state index contributed by atoms with van der Waals surface area (Å²) in [6.45, 7) is 0. The molecule has 0 saturated carbocycles. The number of carboxylic acids is 1. The van der Waals surface area contributed by atoms with Crippen molar-refractivity contribution < 1.29 is 19.1 Å². The Bertz CT molecular complexity index is 885. The summed E-state index contributed by atoms with van der Waals surface area (Å²) in [4.78, 5) is 15.3. The molecule has 0 aliphatic carbocycles. The molecule has 3 aromatic rings. The highest BCUT2D eigenvalue weighted by atomic mass is 16.5. The quantitative estimate of drug-likeness (QED) is 0.465. The van der Waals surface area contributed by atoms with Gasteiger partial charge < -0.3 is 14.3 Å². The van der Waals surface area contributed by atoms with Crippen molar-refractivity contribution in [1.29, 1.82) is 0 Å². The number of rotatable bonds is 10. The van der Waals surface area contributed by atoms with E-state index in [0.29, 0.717) is 12.3 Å². The zero-order valence-corrected chi connectivity index (χ0v) is 16.1. The fraction of sp³-hybridized carbons (Fsp3) is 0.304. The molecule has 3 rings (SSSR count). The van der Waals surface area contributed by atoms with E-state index in [0.717, 1.165) is 54.0 Å². The second-order valence-corrected chi connectivity index (χ2v) is 6.69. The summed E-state index contributed by atoms with van der Waals surface area (Å²) in [7, 11) is 1.65. The number of hydrogen-bond donors (Lipinski definition) is 1. The van der Waals surface area contributed by atoms with Crippen LogP contribution in [-0.4, -0.2) is 23.2 Å². The largest absolute Gasteiger partial charge is 0.497 e. The molecule has 0 aliphatic rings. The summed E-state index contributed by atoms with van der Waals surface area (Å²) in [6.07, 6.45) is 4.49. The minimum absolute atomic E-state index is 0.235. The maximum Gasteiger partial charge on any atom is 0.303 e. The molecular formula is C23H25NO4. The lowest BCUT2D eigenvalue weighted by atomic mass is 10.1. The first-order chi connectivity index (χ1) is 13.7. The molecule has 0 amide bonds. The van der Waals surface area contributed by atoms with Crippen LogP contribution in [0.1, 0.15) is 38.0 Å². The van der Waals surface area contributed by atoms with Gasteiger partial charge in [-0.05, 0) is 37.1 Å². The highest BCUT2D eigenvalue weighted by Gasteiger charge is 2.16. The van der Waals surface area contributed by atoms with Gasteiger partial charge in [0.15, 0.2) is 11.7 Å². The molecule has 146 valence electrons. The SMILES string of the molecule is COc1ccc(-c2oc(CCCCCCC(=O)O)nc2-c2ccccc2)cc1. The monoisotopic (exact) mass is 379 g/mol. The van der Waals surface area contributed by atoms with Crippen molar-refractivity contribution >= 4 is 5.97 Å². The molecule has 0 radical (unpaired) electrons. The van der Waals surface area contributed by atoms with Crippen molar-refractivity contribution in [3.05, 3.63) is 60.5 Å². The number of benzene rings is 2. The van der Waals surface area contributed by atoms with E-state index in [4.69, 9.17) is 19.2 Å². The normalized spacial score (nSPS) is 10.8. The number of aliphatic carboxylic acids is 1. The van der Waals surface area contributed by atoms with Crippen LogP contribution in [-0.2, 0) is 11.2 Å². The Hall–Kier alpha value is -3.08. The highest BCUT2D eigenvalue weighted by molar-refractivity contribution is 5.77. The molecule has 0 spiro atoms. The Kier molecular flexibility index (Phi) is 6.84. The van der Waals surface area contributed by atoms with Crippen LogP contribution in [0, 0.1) is 0 Å². The van der Waals surface area contributed by atoms with Gasteiger partial charge in [-0.25, -0.2) is 4.98 Å². The van der Waals surface area contributed by atoms with Gasteiger partial charge in [-0.3, -0.25) is 4.79 Å². The molecule has 1 heterocycles. The predicted molar refractivity (Wildman–Crippen MR) is 108 cm³/mol. The Morgan fingerprint density at radius 2 is 1.68 bits per heavy atom. The average Bonchev–Trinajstić information content (AvgIpc) is 3.15. The molecule has 0 bridgehead atoms. The third-order valence-corrected chi connectivity index (χ3v) is 4.60. The zero-order chi connectivity index (χ0) is 19.8. The number of aryl methyl sites for hydroxylation is 1. The lowest BCUT2D eigenvalue weighted by Gasteiger charge is -2.03. The molecule has 0 fully saturated rings. The molecule has 0 unspecified atom stereocenters. The van der Waals surface area contributed by atoms with Gasteiger partial charge in [0.2, 0.25) is 0 Å². The molecular weight excluding hydrogens is 354 g/mol. The van der Waals surface area contributed by atoms with Crippen LogP contribution in [0.3, 0.4) is 0 Å². The average molecular weight is 379 g/mol. The smallest absolute Gasteiger partial charge is 0.303 e. The first-order valence-electron chi connectivity index (χ1n) is 9.58. The second kappa shape index (κ2) is 9.74. The number of unbranched alkanes of at least 4 members (excludes halogenated alkanes) is 3. The van der Waals surface area contributed by atoms with Crippen molar-refractivity contribution in [3.8, 4) is 28.3 Å². The summed E-state index contributed by atoms with van der Waals surface area (Å²) >= 11 is 0. The maximum atomic E-state index is 10.6. The maximum absolute atomic E-state index is 10.6. The molecule has 5 nitrogen and oxygen atoms in total. The number of carboxylic acid groups (broad SMARTS) is 1. The summed E-state index contributed by atoms with van der Waals surface area (Å²) < 4.78 is 11.4. The molecule has 0 saturated heterocycles. The van der Waals surface area contributed by atoms with Crippen molar-refractivity contribution in [2.45, 2.75) is 38.5 Å². The van der Waals surface area contributed by atoms with Crippen LogP contribution in [0.25, 0.3) is 22.6 Å². The van der Waals surface area contributed by atoms with Crippen molar-refractivity contribution in [2.24, 2.45) is 0 Å². The topological polar surface area (TPSA) is 72.6 Å². The van der Waals surface area contributed by atoms with E-state index < -0.39 is 5.97 Å². The van der Waals surface area contributed by atoms with Crippen molar-refractivity contribution in [2.75, 3.05) is 7.11 Å². The van der Waals surface area contributed by atoms with Crippen LogP contribution in [0.15, 0.2) is 59.0 Å². The lowest BCUT2D eigenvalue weighted by Crippen LogP contribution is -1.94. The van der Waals surface area contributed by atoms with Gasteiger partial charge in [0.05, 0.1) is 7.11 Å². The standard InChI is InChI=1S/C23H25NO4/c1-27-19-15-13-18(14-16-19)23-22(17-9-5-4-6-10-17)24-20(28-23)11-7-2-3-8-12-21(25)26/h4-6,9-10,13-16H,2-3,7-8,11-12H2,1H3,(H,25,26). The van der Waals surface area contributed by atoms with E-state index in [1.165, 1.54) is 0 Å². The van der Waals surface area contributed by atoms with Crippen LogP contribution in [0.5, 0.6) is 5.75 Å². The van der Waals surface area contributed by atoms with Gasteiger partial charge in [0.1, 0.15) is 11.4 Å². The van der Waals surface area contributed by atoms with E-state index in [1.54, 1.807) is 7.11 Å². The summed E-state index contributed by atoms with van der Waals surface area (Å²) in [5, 5.41) is 8.70. The second-order valence-electron chi connectivity index (χ2n) is 6.69. The molecule has 2 aromatic carbocycles. The van der Waals surface area contributed by atoms with Crippen LogP contribution in [0.2, 0.25) is 0 Å². The first kappa shape index (κ1) is 19.7. The molecule has 1 aromatic heterocycles. The van der Waals surface area contributed by atoms with Gasteiger partial charge in [-0.15, -0.1) is 0 Å². The molecule has 28 heavy (non-hydrogen) atoms. The minimum atomic E-state index is -0.732. The van der Waals surface area contributed by atoms with E-state index in [-0.39, 0.29) is 6.42 Å². The van der Waals surface area contributed by atoms with E-state index >= 15 is 0 Å². The molecule has 5 heteroatoms. The van der Waals surface area contributed by atoms with E-state index in [1.807, 2.05) is 54.6 Å². The lowest BCUT2D eigenvalue weighted by molar-refractivity contribution is -0.137. The summed E-state index contributed by atoms with van der Waals surface area (Å²) in [6, 6.07) is 17.8. The predicted octanol–water partition coefficient (Wildman–Crippen LogP) is 5.59. The number of carbonyl (C=O) groups is 1. The van der Waals surface area contributed by atoms with Gasteiger partial charge in [0.25, 0.3) is 0 Å². The zero-order valence-electron chi connectivity index (χ0n) is 16.1. The third-order valence-electron chi connectivity index (χ3n) is 4.60. The number of ether oxygens (including phenoxy) is 1. The fourth-order valence-electron chi connectivity index (χ4n) is 3.11. The first-order valence-corrected chi connectivity index (χ1v) is 9.58. The van der Waals surface area contributed by atoms with Gasteiger partial charge in [-0.2, -0.15) is 0 Å². The highest BCUT2D eigenvalue weighted by Crippen LogP contribution is 2.33. The number of nitrogens with zero attached hydrogens (tertiary/aromatic N) is 1. The van der Waals surface area contributed by atoms with Crippen LogP contribution in [0.4, 0.5) is 0 Å². The molecule has 0 atom stereocenters. The Balaban J connectivity index is 1.75. The Morgan fingerprint density at radius 1 is 0.964 bits per heavy atom. The Morgan fingerprint density at radius 3 is 2.36 bits per heavy atom. The van der Waals surface area contributed by atoms with Crippen molar-refractivity contribution in [1.82, 2.24) is 4.98 Å². The number of methoxy groups -OCH3 is 1. The van der Waals surface area contributed by atoms with Crippen molar-refractivity contribution in [3.63, 3.8) is 0 Å². The van der Waals surface area contributed by atoms with Crippen LogP contribution < -0.4 is 4.74 Å². The molecule has 1 N–H and O–H groups in total. The van der Waals surface area contributed by atoms with E-state index in [9.17, 15) is 4.79 Å². The minimum Gasteiger partial charge on any atom is -0.497 e. The van der Waals surface area contributed by atoms with Gasteiger partial charge in [0, 0.05) is 24.0 Å². The van der Waals surface area contributed by atoms with Crippen LogP contribution >= 0.6 is 0 Å². The number of oxazole rings is 1. The Labute approximate surface area is 165 Å². The van der Waals surface area contributed by atoms with Gasteiger partial charge in [-0.1, -0.05) is 43.2 Å². The number of hydrogen-bond acceptors (Lipinski definition) is 4. The van der Waals surface area contributed by atoms with Gasteiger partial charge >= 0.3 is 5.97 Å². The summed E-state index contributed by atoms with van der Waals surface area (Å²) in [5.41, 5.74) is 2.82. The summed E-state index contributed by atoms with van der Waals surface area (Å²) in [5.74, 6) is 1.54.